The molecular weight excluding hydrogens is 142 g/mol. The van der Waals surface area contributed by atoms with E-state index < -0.39 is 0 Å². The summed E-state index contributed by atoms with van der Waals surface area (Å²) in [6.45, 7) is 6.43. The molecule has 0 bridgehead atoms. The Labute approximate surface area is 70.2 Å². The van der Waals surface area contributed by atoms with E-state index in [1.54, 1.807) is 0 Å². The number of piperidine rings is 1. The molecule has 1 aliphatic heterocycles. The van der Waals surface area contributed by atoms with Gasteiger partial charge in [0.25, 0.3) is 0 Å². The number of likely N-dealkylation sites (tertiary alicyclic amines) is 1. The summed E-state index contributed by atoms with van der Waals surface area (Å²) in [5, 5.41) is 0.633. The van der Waals surface area contributed by atoms with Crippen LogP contribution in [0.5, 0.6) is 0 Å². The minimum Gasteiger partial charge on any atom is -0.305 e. The summed E-state index contributed by atoms with van der Waals surface area (Å²) in [5.41, 5.74) is 0. The van der Waals surface area contributed by atoms with E-state index in [1.807, 2.05) is 13.8 Å². The zero-order valence-electron chi connectivity index (χ0n) is 7.30. The Morgan fingerprint density at radius 2 is 2.00 bits per heavy atom. The third-order valence-electron chi connectivity index (χ3n) is 1.60. The lowest BCUT2D eigenvalue weighted by Crippen LogP contribution is -2.32. The summed E-state index contributed by atoms with van der Waals surface area (Å²) in [4.78, 5) is 2.33. The van der Waals surface area contributed by atoms with Crippen LogP contribution in [0.1, 0.15) is 26.7 Å². The van der Waals surface area contributed by atoms with E-state index >= 15 is 0 Å². The minimum atomic E-state index is 0.633. The highest BCUT2D eigenvalue weighted by molar-refractivity contribution is 7.81. The molecule has 0 aromatic carbocycles. The van der Waals surface area contributed by atoms with Gasteiger partial charge in [-0.25, -0.2) is 0 Å². The van der Waals surface area contributed by atoms with Gasteiger partial charge in [0, 0.05) is 11.8 Å². The summed E-state index contributed by atoms with van der Waals surface area (Å²) in [6.07, 6.45) is 2.62. The molecule has 0 saturated carbocycles. The maximum absolute atomic E-state index is 4.38. The fourth-order valence-electron chi connectivity index (χ4n) is 1.14. The standard InChI is InChI=1S/C6H13NS.C2H6/c1-7-4-2-3-6(8)5-7;1-2/h6,8H,2-5H2,1H3;1-2H3. The van der Waals surface area contributed by atoms with Crippen molar-refractivity contribution in [3.8, 4) is 0 Å². The van der Waals surface area contributed by atoms with Crippen LogP contribution in [0.4, 0.5) is 0 Å². The second-order valence-corrected chi connectivity index (χ2v) is 3.29. The number of thiol groups is 1. The number of nitrogens with zero attached hydrogens (tertiary/aromatic N) is 1. The molecule has 1 atom stereocenters. The third kappa shape index (κ3) is 4.18. The van der Waals surface area contributed by atoms with Crippen LogP contribution >= 0.6 is 12.6 Å². The van der Waals surface area contributed by atoms with E-state index in [9.17, 15) is 0 Å². The van der Waals surface area contributed by atoms with E-state index in [-0.39, 0.29) is 0 Å². The van der Waals surface area contributed by atoms with Crippen molar-refractivity contribution in [3.63, 3.8) is 0 Å². The smallest absolute Gasteiger partial charge is 0.0145 e. The molecule has 1 unspecified atom stereocenters. The lowest BCUT2D eigenvalue weighted by atomic mass is 10.1. The molecule has 0 radical (unpaired) electrons. The molecule has 10 heavy (non-hydrogen) atoms. The SMILES string of the molecule is CC.CN1CCCC(S)C1. The zero-order chi connectivity index (χ0) is 7.98. The highest BCUT2D eigenvalue weighted by atomic mass is 32.1. The number of hydrogen-bond acceptors (Lipinski definition) is 2. The Morgan fingerprint density at radius 1 is 1.40 bits per heavy atom. The molecule has 0 amide bonds. The molecule has 1 nitrogen and oxygen atoms in total. The first-order valence-corrected chi connectivity index (χ1v) is 4.67. The van der Waals surface area contributed by atoms with Gasteiger partial charge in [-0.3, -0.25) is 0 Å². The topological polar surface area (TPSA) is 3.24 Å². The predicted octanol–water partition coefficient (Wildman–Crippen LogP) is 2.04. The van der Waals surface area contributed by atoms with Gasteiger partial charge in [-0.2, -0.15) is 12.6 Å². The average molecular weight is 161 g/mol. The molecule has 1 aliphatic rings. The summed E-state index contributed by atoms with van der Waals surface area (Å²) >= 11 is 4.38. The second kappa shape index (κ2) is 6.05. The normalized spacial score (nSPS) is 27.0. The quantitative estimate of drug-likeness (QED) is 0.532. The van der Waals surface area contributed by atoms with Crippen LogP contribution in [0.2, 0.25) is 0 Å². The number of hydrogen-bond donors (Lipinski definition) is 1. The molecule has 0 spiro atoms. The van der Waals surface area contributed by atoms with Crippen molar-refractivity contribution in [2.45, 2.75) is 31.9 Å². The molecule has 1 saturated heterocycles. The Hall–Kier alpha value is 0.310. The average Bonchev–Trinajstić information content (AvgIpc) is 1.91. The molecular formula is C8H19NS. The van der Waals surface area contributed by atoms with Gasteiger partial charge in [-0.05, 0) is 26.4 Å². The van der Waals surface area contributed by atoms with Gasteiger partial charge in [0.05, 0.1) is 0 Å². The van der Waals surface area contributed by atoms with E-state index in [1.165, 1.54) is 25.9 Å². The van der Waals surface area contributed by atoms with Gasteiger partial charge in [-0.15, -0.1) is 0 Å². The van der Waals surface area contributed by atoms with E-state index in [0.29, 0.717) is 5.25 Å². The van der Waals surface area contributed by atoms with Crippen molar-refractivity contribution in [2.24, 2.45) is 0 Å². The van der Waals surface area contributed by atoms with Gasteiger partial charge in [0.15, 0.2) is 0 Å². The molecule has 0 aromatic heterocycles. The Morgan fingerprint density at radius 3 is 2.30 bits per heavy atom. The third-order valence-corrected chi connectivity index (χ3v) is 2.02. The van der Waals surface area contributed by atoms with Gasteiger partial charge in [-0.1, -0.05) is 13.8 Å². The van der Waals surface area contributed by atoms with E-state index in [2.05, 4.69) is 24.6 Å². The number of rotatable bonds is 0. The van der Waals surface area contributed by atoms with Crippen LogP contribution in [-0.4, -0.2) is 30.3 Å². The van der Waals surface area contributed by atoms with E-state index in [4.69, 9.17) is 0 Å². The summed E-state index contributed by atoms with van der Waals surface area (Å²) in [6, 6.07) is 0. The van der Waals surface area contributed by atoms with Gasteiger partial charge in [0.2, 0.25) is 0 Å². The molecule has 1 rings (SSSR count). The minimum absolute atomic E-state index is 0.633. The molecule has 0 N–H and O–H groups in total. The predicted molar refractivity (Wildman–Crippen MR) is 50.9 cm³/mol. The Kier molecular flexibility index (Phi) is 6.24. The van der Waals surface area contributed by atoms with Crippen molar-refractivity contribution in [1.82, 2.24) is 4.90 Å². The lowest BCUT2D eigenvalue weighted by Gasteiger charge is -2.26. The fraction of sp³-hybridized carbons (Fsp3) is 1.00. The van der Waals surface area contributed by atoms with E-state index in [0.717, 1.165) is 0 Å². The van der Waals surface area contributed by atoms with Crippen molar-refractivity contribution in [2.75, 3.05) is 20.1 Å². The van der Waals surface area contributed by atoms with Crippen LogP contribution in [0.3, 0.4) is 0 Å². The molecule has 0 aromatic rings. The highest BCUT2D eigenvalue weighted by Gasteiger charge is 2.11. The van der Waals surface area contributed by atoms with Gasteiger partial charge in [0.1, 0.15) is 0 Å². The lowest BCUT2D eigenvalue weighted by molar-refractivity contribution is 0.284. The molecule has 1 heterocycles. The Bertz CT molecular complexity index is 67.7. The fourth-order valence-corrected chi connectivity index (χ4v) is 1.60. The highest BCUT2D eigenvalue weighted by Crippen LogP contribution is 2.11. The zero-order valence-corrected chi connectivity index (χ0v) is 8.19. The first-order valence-electron chi connectivity index (χ1n) is 4.15. The first kappa shape index (κ1) is 10.3. The first-order chi connectivity index (χ1) is 4.79. The van der Waals surface area contributed by atoms with Crippen LogP contribution in [-0.2, 0) is 0 Å². The van der Waals surface area contributed by atoms with Crippen LogP contribution in [0.15, 0.2) is 0 Å². The molecule has 0 aliphatic carbocycles. The summed E-state index contributed by atoms with van der Waals surface area (Å²) in [5.74, 6) is 0. The molecule has 1 fully saturated rings. The van der Waals surface area contributed by atoms with Crippen molar-refractivity contribution < 1.29 is 0 Å². The molecule has 2 heteroatoms. The maximum Gasteiger partial charge on any atom is 0.0145 e. The van der Waals surface area contributed by atoms with Gasteiger partial charge < -0.3 is 4.90 Å². The maximum atomic E-state index is 4.38. The summed E-state index contributed by atoms with van der Waals surface area (Å²) < 4.78 is 0. The van der Waals surface area contributed by atoms with Crippen LogP contribution < -0.4 is 0 Å². The van der Waals surface area contributed by atoms with Crippen molar-refractivity contribution in [3.05, 3.63) is 0 Å². The second-order valence-electron chi connectivity index (χ2n) is 2.56. The van der Waals surface area contributed by atoms with Crippen molar-refractivity contribution >= 4 is 12.6 Å². The largest absolute Gasteiger partial charge is 0.305 e. The van der Waals surface area contributed by atoms with Gasteiger partial charge >= 0.3 is 0 Å². The monoisotopic (exact) mass is 161 g/mol. The van der Waals surface area contributed by atoms with Crippen molar-refractivity contribution in [1.29, 1.82) is 0 Å². The summed E-state index contributed by atoms with van der Waals surface area (Å²) in [7, 11) is 2.16. The Balaban J connectivity index is 0.000000371. The molecule has 62 valence electrons. The van der Waals surface area contributed by atoms with Crippen LogP contribution in [0.25, 0.3) is 0 Å². The van der Waals surface area contributed by atoms with Crippen LogP contribution in [0, 0.1) is 0 Å².